The van der Waals surface area contributed by atoms with Crippen LogP contribution in [0.2, 0.25) is 0 Å². The molecular weight excluding hydrogens is 184 g/mol. The fourth-order valence-electron chi connectivity index (χ4n) is 1.29. The average Bonchev–Trinajstić information content (AvgIpc) is 2.62. The molecule has 0 amide bonds. The van der Waals surface area contributed by atoms with Crippen LogP contribution >= 0.6 is 0 Å². The Labute approximate surface area is 78.7 Å². The Hall–Kier alpha value is -2.04. The number of nitrogens with one attached hydrogen (secondary N) is 2. The predicted octanol–water partition coefficient (Wildman–Crippen LogP) is 0.643. The number of methoxy groups -OCH3 is 1. The molecular formula is C9H8N2O3. The summed E-state index contributed by atoms with van der Waals surface area (Å²) < 4.78 is 4.52. The van der Waals surface area contributed by atoms with Crippen LogP contribution in [0.4, 0.5) is 0 Å². The Morgan fingerprint density at radius 2 is 2.29 bits per heavy atom. The standard InChI is InChI=1S/C9H8N2O3/c1-14-9(13)7-4-5-6(11-7)2-3-10-8(5)12/h2-4,11H,1H3,(H,10,12). The molecule has 0 unspecified atom stereocenters. The van der Waals surface area contributed by atoms with Crippen LogP contribution in [0.25, 0.3) is 10.9 Å². The van der Waals surface area contributed by atoms with Crippen LogP contribution in [0.1, 0.15) is 10.5 Å². The number of hydrogen-bond donors (Lipinski definition) is 2. The molecule has 0 fully saturated rings. The van der Waals surface area contributed by atoms with E-state index in [1.807, 2.05) is 0 Å². The van der Waals surface area contributed by atoms with Crippen LogP contribution in [0.15, 0.2) is 23.1 Å². The van der Waals surface area contributed by atoms with Gasteiger partial charge < -0.3 is 14.7 Å². The molecule has 0 saturated heterocycles. The molecule has 72 valence electrons. The van der Waals surface area contributed by atoms with E-state index in [2.05, 4.69) is 14.7 Å². The Balaban J connectivity index is 2.68. The second-order valence-electron chi connectivity index (χ2n) is 2.81. The van der Waals surface area contributed by atoms with Crippen molar-refractivity contribution in [2.24, 2.45) is 0 Å². The number of carbonyl (C=O) groups excluding carboxylic acids is 1. The van der Waals surface area contributed by atoms with E-state index in [9.17, 15) is 9.59 Å². The third-order valence-corrected chi connectivity index (χ3v) is 1.96. The van der Waals surface area contributed by atoms with Gasteiger partial charge in [0.1, 0.15) is 5.69 Å². The molecule has 0 radical (unpaired) electrons. The monoisotopic (exact) mass is 192 g/mol. The molecule has 2 aromatic rings. The van der Waals surface area contributed by atoms with E-state index in [-0.39, 0.29) is 11.3 Å². The van der Waals surface area contributed by atoms with E-state index in [4.69, 9.17) is 0 Å². The molecule has 5 nitrogen and oxygen atoms in total. The molecule has 0 aliphatic rings. The van der Waals surface area contributed by atoms with Gasteiger partial charge in [-0.3, -0.25) is 4.79 Å². The van der Waals surface area contributed by atoms with Crippen LogP contribution in [0, 0.1) is 0 Å². The lowest BCUT2D eigenvalue weighted by molar-refractivity contribution is 0.0595. The number of hydrogen-bond acceptors (Lipinski definition) is 3. The smallest absolute Gasteiger partial charge is 0.354 e. The van der Waals surface area contributed by atoms with E-state index >= 15 is 0 Å². The van der Waals surface area contributed by atoms with Gasteiger partial charge in [-0.1, -0.05) is 0 Å². The van der Waals surface area contributed by atoms with Crippen molar-refractivity contribution < 1.29 is 9.53 Å². The van der Waals surface area contributed by atoms with Gasteiger partial charge in [-0.25, -0.2) is 4.79 Å². The number of aromatic amines is 2. The fourth-order valence-corrected chi connectivity index (χ4v) is 1.29. The maximum atomic E-state index is 11.3. The normalized spacial score (nSPS) is 10.4. The Bertz CT molecular complexity index is 538. The third-order valence-electron chi connectivity index (χ3n) is 1.96. The molecule has 2 heterocycles. The number of aromatic nitrogens is 2. The zero-order valence-electron chi connectivity index (χ0n) is 7.46. The first-order chi connectivity index (χ1) is 6.72. The molecule has 0 bridgehead atoms. The Morgan fingerprint density at radius 3 is 2.93 bits per heavy atom. The summed E-state index contributed by atoms with van der Waals surface area (Å²) in [5, 5.41) is 0.452. The molecule has 14 heavy (non-hydrogen) atoms. The fraction of sp³-hybridized carbons (Fsp3) is 0.111. The second-order valence-corrected chi connectivity index (χ2v) is 2.81. The quantitative estimate of drug-likeness (QED) is 0.651. The van der Waals surface area contributed by atoms with Gasteiger partial charge in [0.15, 0.2) is 0 Å². The van der Waals surface area contributed by atoms with Gasteiger partial charge in [-0.05, 0) is 12.1 Å². The SMILES string of the molecule is COC(=O)c1cc2c(=O)[nH]ccc2[nH]1. The summed E-state index contributed by atoms with van der Waals surface area (Å²) in [7, 11) is 1.29. The van der Waals surface area contributed by atoms with Crippen molar-refractivity contribution in [1.82, 2.24) is 9.97 Å². The zero-order valence-corrected chi connectivity index (χ0v) is 7.46. The lowest BCUT2D eigenvalue weighted by atomic mass is 10.3. The summed E-state index contributed by atoms with van der Waals surface area (Å²) in [4.78, 5) is 27.7. The summed E-state index contributed by atoms with van der Waals surface area (Å²) in [5.74, 6) is -0.486. The Kier molecular flexibility index (Phi) is 1.85. The van der Waals surface area contributed by atoms with Crippen molar-refractivity contribution in [2.75, 3.05) is 7.11 Å². The maximum Gasteiger partial charge on any atom is 0.354 e. The lowest BCUT2D eigenvalue weighted by Crippen LogP contribution is -2.02. The summed E-state index contributed by atoms with van der Waals surface area (Å²) in [5.41, 5.74) is 0.669. The number of H-pyrrole nitrogens is 2. The minimum atomic E-state index is -0.486. The van der Waals surface area contributed by atoms with Gasteiger partial charge >= 0.3 is 5.97 Å². The molecule has 0 aromatic carbocycles. The van der Waals surface area contributed by atoms with Crippen molar-refractivity contribution in [3.8, 4) is 0 Å². The van der Waals surface area contributed by atoms with E-state index in [1.165, 1.54) is 19.4 Å². The molecule has 5 heteroatoms. The number of pyridine rings is 1. The largest absolute Gasteiger partial charge is 0.464 e. The van der Waals surface area contributed by atoms with Crippen molar-refractivity contribution in [3.05, 3.63) is 34.4 Å². The van der Waals surface area contributed by atoms with Gasteiger partial charge in [0, 0.05) is 6.20 Å². The van der Waals surface area contributed by atoms with Crippen molar-refractivity contribution in [2.45, 2.75) is 0 Å². The first-order valence-corrected chi connectivity index (χ1v) is 4.01. The number of carbonyl (C=O) groups is 1. The Morgan fingerprint density at radius 1 is 1.50 bits per heavy atom. The summed E-state index contributed by atoms with van der Waals surface area (Å²) in [6.45, 7) is 0. The van der Waals surface area contributed by atoms with Crippen LogP contribution < -0.4 is 5.56 Å². The van der Waals surface area contributed by atoms with Crippen LogP contribution in [0.5, 0.6) is 0 Å². The molecule has 2 rings (SSSR count). The zero-order chi connectivity index (χ0) is 10.1. The van der Waals surface area contributed by atoms with E-state index < -0.39 is 5.97 Å². The van der Waals surface area contributed by atoms with E-state index in [0.717, 1.165) is 0 Å². The van der Waals surface area contributed by atoms with Crippen LogP contribution in [-0.2, 0) is 4.74 Å². The number of rotatable bonds is 1. The number of fused-ring (bicyclic) bond motifs is 1. The highest BCUT2D eigenvalue weighted by molar-refractivity contribution is 5.94. The molecule has 0 aliphatic carbocycles. The minimum absolute atomic E-state index is 0.228. The van der Waals surface area contributed by atoms with Crippen molar-refractivity contribution >= 4 is 16.9 Å². The highest BCUT2D eigenvalue weighted by atomic mass is 16.5. The number of ether oxygens (including phenoxy) is 1. The first kappa shape index (κ1) is 8.55. The van der Waals surface area contributed by atoms with Crippen molar-refractivity contribution in [1.29, 1.82) is 0 Å². The summed E-state index contributed by atoms with van der Waals surface area (Å²) >= 11 is 0. The molecule has 0 atom stereocenters. The van der Waals surface area contributed by atoms with Gasteiger partial charge in [-0.2, -0.15) is 0 Å². The minimum Gasteiger partial charge on any atom is -0.464 e. The average molecular weight is 192 g/mol. The molecule has 0 saturated carbocycles. The third kappa shape index (κ3) is 1.19. The molecule has 2 aromatic heterocycles. The van der Waals surface area contributed by atoms with E-state index in [1.54, 1.807) is 6.07 Å². The first-order valence-electron chi connectivity index (χ1n) is 4.01. The molecule has 0 spiro atoms. The maximum absolute atomic E-state index is 11.3. The number of esters is 1. The highest BCUT2D eigenvalue weighted by Gasteiger charge is 2.10. The van der Waals surface area contributed by atoms with Gasteiger partial charge in [0.25, 0.3) is 5.56 Å². The van der Waals surface area contributed by atoms with Crippen LogP contribution in [0.3, 0.4) is 0 Å². The predicted molar refractivity (Wildman–Crippen MR) is 50.3 cm³/mol. The summed E-state index contributed by atoms with van der Waals surface area (Å²) in [6.07, 6.45) is 1.52. The second kappa shape index (κ2) is 3.02. The van der Waals surface area contributed by atoms with Gasteiger partial charge in [-0.15, -0.1) is 0 Å². The molecule has 0 aliphatic heterocycles. The van der Waals surface area contributed by atoms with Gasteiger partial charge in [0.2, 0.25) is 0 Å². The molecule has 2 N–H and O–H groups in total. The van der Waals surface area contributed by atoms with Gasteiger partial charge in [0.05, 0.1) is 18.0 Å². The van der Waals surface area contributed by atoms with Crippen LogP contribution in [-0.4, -0.2) is 23.0 Å². The topological polar surface area (TPSA) is 75.0 Å². The summed E-state index contributed by atoms with van der Waals surface area (Å²) in [6, 6.07) is 3.16. The highest BCUT2D eigenvalue weighted by Crippen LogP contribution is 2.10. The van der Waals surface area contributed by atoms with E-state index in [0.29, 0.717) is 10.9 Å². The lowest BCUT2D eigenvalue weighted by Gasteiger charge is -1.91. The van der Waals surface area contributed by atoms with Crippen molar-refractivity contribution in [3.63, 3.8) is 0 Å².